The highest BCUT2D eigenvalue weighted by atomic mass is 16.4. The smallest absolute Gasteiger partial charge is 0.326 e. The zero-order valence-electron chi connectivity index (χ0n) is 50.0. The number of nitrogens with two attached hydrogens (primary N) is 1. The van der Waals surface area contributed by atoms with Crippen molar-refractivity contribution in [1.82, 2.24) is 58.5 Å². The Kier molecular flexibility index (Phi) is 32.2. The Morgan fingerprint density at radius 1 is 0.438 bits per heavy atom. The summed E-state index contributed by atoms with van der Waals surface area (Å²) in [6.07, 6.45) is -3.25. The molecule has 89 heavy (non-hydrogen) atoms. The molecule has 0 aliphatic carbocycles. The molecule has 0 bridgehead atoms. The first kappa shape index (κ1) is 75.6. The topological polar surface area (TPSA) is 539 Å². The van der Waals surface area contributed by atoms with E-state index in [1.165, 1.54) is 55.5 Å². The number of carbonyl (C=O) groups is 14. The number of aliphatic hydroxyl groups excluding tert-OH is 2. The van der Waals surface area contributed by atoms with Gasteiger partial charge in [-0.05, 0) is 80.3 Å². The summed E-state index contributed by atoms with van der Waals surface area (Å²) >= 11 is 0. The third-order valence-corrected chi connectivity index (χ3v) is 13.5. The van der Waals surface area contributed by atoms with Gasteiger partial charge in [-0.2, -0.15) is 0 Å². The molecule has 0 radical (unpaired) electrons. The molecule has 33 nitrogen and oxygen atoms in total. The molecule has 11 amide bonds. The van der Waals surface area contributed by atoms with Crippen LogP contribution < -0.4 is 64.2 Å². The highest BCUT2D eigenvalue weighted by Crippen LogP contribution is 2.16. The number of benzene rings is 2. The van der Waals surface area contributed by atoms with Crippen LogP contribution >= 0.6 is 0 Å². The summed E-state index contributed by atoms with van der Waals surface area (Å²) in [5, 5.41) is 94.3. The van der Waals surface area contributed by atoms with Gasteiger partial charge in [0.1, 0.15) is 71.9 Å². The quantitative estimate of drug-likeness (QED) is 0.0297. The van der Waals surface area contributed by atoms with Crippen molar-refractivity contribution in [2.75, 3.05) is 26.3 Å². The van der Waals surface area contributed by atoms with Gasteiger partial charge >= 0.3 is 17.9 Å². The van der Waals surface area contributed by atoms with E-state index in [9.17, 15) is 103 Å². The number of hydrogen-bond donors (Lipinski definition) is 19. The number of aromatic hydroxyl groups is 2. The van der Waals surface area contributed by atoms with E-state index in [2.05, 4.69) is 58.5 Å². The molecule has 20 N–H and O–H groups in total. The Morgan fingerprint density at radius 2 is 0.809 bits per heavy atom. The van der Waals surface area contributed by atoms with Crippen molar-refractivity contribution in [2.24, 2.45) is 17.6 Å². The maximum Gasteiger partial charge on any atom is 0.326 e. The van der Waals surface area contributed by atoms with Crippen LogP contribution in [0, 0.1) is 11.8 Å². The van der Waals surface area contributed by atoms with Crippen molar-refractivity contribution in [1.29, 1.82) is 0 Å². The lowest BCUT2D eigenvalue weighted by molar-refractivity contribution is -0.142. The lowest BCUT2D eigenvalue weighted by atomic mass is 9.97. The van der Waals surface area contributed by atoms with E-state index in [-0.39, 0.29) is 30.8 Å². The zero-order valence-corrected chi connectivity index (χ0v) is 50.0. The molecule has 0 aliphatic rings. The fourth-order valence-electron chi connectivity index (χ4n) is 8.19. The van der Waals surface area contributed by atoms with Crippen LogP contribution in [0.25, 0.3) is 0 Å². The monoisotopic (exact) mass is 1260 g/mol. The van der Waals surface area contributed by atoms with Crippen LogP contribution in [-0.2, 0) is 80.0 Å². The Balaban J connectivity index is 2.30. The molecule has 2 rings (SSSR count). The Morgan fingerprint density at radius 3 is 1.25 bits per heavy atom. The fraction of sp³-hybridized carbons (Fsp3) is 0.536. The number of carboxylic acid groups (broad SMARTS) is 3. The van der Waals surface area contributed by atoms with Crippen molar-refractivity contribution >= 4 is 82.9 Å². The summed E-state index contributed by atoms with van der Waals surface area (Å²) in [7, 11) is 0. The minimum absolute atomic E-state index is 0.108. The number of nitrogens with one attached hydrogen (secondary N) is 11. The Hall–Kier alpha value is -9.50. The third-order valence-electron chi connectivity index (χ3n) is 13.5. The molecule has 2 aromatic carbocycles. The second-order valence-corrected chi connectivity index (χ2v) is 21.2. The van der Waals surface area contributed by atoms with Crippen molar-refractivity contribution in [3.63, 3.8) is 0 Å². The molecule has 0 fully saturated rings. The fourth-order valence-corrected chi connectivity index (χ4v) is 8.19. The average Bonchev–Trinajstić information content (AvgIpc) is 2.88. The van der Waals surface area contributed by atoms with E-state index in [0.29, 0.717) is 17.5 Å². The lowest BCUT2D eigenvalue weighted by Crippen LogP contribution is -2.61. The maximum absolute atomic E-state index is 14.2. The third kappa shape index (κ3) is 27.4. The summed E-state index contributed by atoms with van der Waals surface area (Å²) in [6.45, 7) is 5.87. The highest BCUT2D eigenvalue weighted by Gasteiger charge is 2.36. The summed E-state index contributed by atoms with van der Waals surface area (Å²) in [5.41, 5.74) is 5.94. The summed E-state index contributed by atoms with van der Waals surface area (Å²) in [6, 6.07) is -5.26. The van der Waals surface area contributed by atoms with Gasteiger partial charge in [-0.15, -0.1) is 0 Å². The van der Waals surface area contributed by atoms with Crippen LogP contribution in [0.1, 0.15) is 91.2 Å². The zero-order chi connectivity index (χ0) is 67.2. The van der Waals surface area contributed by atoms with Gasteiger partial charge in [0.25, 0.3) is 0 Å². The predicted molar refractivity (Wildman–Crippen MR) is 311 cm³/mol. The normalized spacial score (nSPS) is 14.7. The number of hydrogen-bond acceptors (Lipinski definition) is 19. The van der Waals surface area contributed by atoms with Crippen LogP contribution in [0.3, 0.4) is 0 Å². The lowest BCUT2D eigenvalue weighted by Gasteiger charge is -2.28. The number of rotatable bonds is 39. The van der Waals surface area contributed by atoms with Gasteiger partial charge in [-0.25, -0.2) is 4.79 Å². The average molecular weight is 1260 g/mol. The highest BCUT2D eigenvalue weighted by molar-refractivity contribution is 5.99. The van der Waals surface area contributed by atoms with Crippen molar-refractivity contribution in [2.45, 2.75) is 153 Å². The van der Waals surface area contributed by atoms with Crippen LogP contribution in [0.2, 0.25) is 0 Å². The second-order valence-electron chi connectivity index (χ2n) is 21.2. The first-order valence-corrected chi connectivity index (χ1v) is 28.3. The van der Waals surface area contributed by atoms with Crippen molar-refractivity contribution < 1.29 is 103 Å². The van der Waals surface area contributed by atoms with Gasteiger partial charge in [-0.3, -0.25) is 62.3 Å². The number of amides is 11. The molecule has 0 saturated carbocycles. The number of phenols is 2. The molecule has 2 aromatic rings. The molecule has 0 aromatic heterocycles. The van der Waals surface area contributed by atoms with E-state index < -0.39 is 207 Å². The van der Waals surface area contributed by atoms with Gasteiger partial charge in [0.15, 0.2) is 0 Å². The van der Waals surface area contributed by atoms with Crippen molar-refractivity contribution in [3.05, 3.63) is 59.7 Å². The molecule has 0 heterocycles. The first-order valence-electron chi connectivity index (χ1n) is 28.3. The molecule has 0 spiro atoms. The van der Waals surface area contributed by atoms with Crippen LogP contribution in [-0.4, -0.2) is 205 Å². The molecule has 0 unspecified atom stereocenters. The molecular formula is C56H82N12O21. The van der Waals surface area contributed by atoms with Crippen LogP contribution in [0.15, 0.2) is 48.5 Å². The summed E-state index contributed by atoms with van der Waals surface area (Å²) in [4.78, 5) is 183. The van der Waals surface area contributed by atoms with Crippen LogP contribution in [0.5, 0.6) is 11.5 Å². The number of carbonyl (C=O) groups excluding carboxylic acids is 11. The SMILES string of the molecule is CC[C@H](C)[C@H](NC(=O)[C@H](CO)NC(=O)CNC(=O)CN)C(=O)N[C@@H](C)C(=O)N[C@@H](C)C(=O)N[C@@H](CO)C(=O)N[C@@H](CCC(=O)O)C(=O)N[C@@H](CC(C)C)C(=O)N[C@@H](CCC(=O)O)C(=O)N[C@@H](Cc1ccc(O)cc1)C(=O)N[C@@H](Cc1ccc(O)cc1)C(=O)O. The van der Waals surface area contributed by atoms with E-state index in [4.69, 9.17) is 5.73 Å². The standard InChI is InChI=1S/C56H82N12O21/c1-7-28(4)46(68-54(86)40(25-69)61-43(74)24-58-42(73)23-57)55(87)60-29(5)47(79)59-30(6)48(80)67-41(26-70)53(85)63-36(17-19-45(77)78)49(81)64-37(20-27(2)3)51(83)62-35(16-18-44(75)76)50(82)65-38(21-31-8-12-33(71)13-9-31)52(84)66-39(56(88)89)22-32-10-14-34(72)15-11-32/h8-15,27-30,35-41,46,69-72H,7,16-26,57H2,1-6H3,(H,58,73)(H,59,79)(H,60,87)(H,61,74)(H,62,83)(H,63,85)(H,64,81)(H,65,82)(H,66,84)(H,67,80)(H,68,86)(H,75,76)(H,77,78)(H,88,89)/t28-,29-,30-,35-,36-,37-,38-,39-,40-,41-,46-/m0/s1. The number of carboxylic acids is 3. The first-order chi connectivity index (χ1) is 41.8. The number of phenolic OH excluding ortho intramolecular Hbond substituents is 2. The van der Waals surface area contributed by atoms with Gasteiger partial charge < -0.3 is 100.0 Å². The minimum Gasteiger partial charge on any atom is -0.508 e. The van der Waals surface area contributed by atoms with Gasteiger partial charge in [0.05, 0.1) is 26.3 Å². The Bertz CT molecular complexity index is 2800. The second kappa shape index (κ2) is 37.9. The van der Waals surface area contributed by atoms with Gasteiger partial charge in [0, 0.05) is 25.7 Å². The molecule has 11 atom stereocenters. The van der Waals surface area contributed by atoms with E-state index in [1.54, 1.807) is 27.7 Å². The molecule has 0 aliphatic heterocycles. The maximum atomic E-state index is 14.2. The summed E-state index contributed by atoms with van der Waals surface area (Å²) in [5.74, 6) is -16.8. The Labute approximate surface area is 511 Å². The number of aliphatic carboxylic acids is 3. The summed E-state index contributed by atoms with van der Waals surface area (Å²) < 4.78 is 0. The molecule has 492 valence electrons. The largest absolute Gasteiger partial charge is 0.508 e. The van der Waals surface area contributed by atoms with Gasteiger partial charge in [0.2, 0.25) is 65.0 Å². The van der Waals surface area contributed by atoms with Crippen molar-refractivity contribution in [3.8, 4) is 11.5 Å². The molecular weight excluding hydrogens is 1180 g/mol. The number of aliphatic hydroxyl groups is 2. The molecule has 0 saturated heterocycles. The van der Waals surface area contributed by atoms with E-state index >= 15 is 0 Å². The van der Waals surface area contributed by atoms with E-state index in [1.807, 2.05) is 0 Å². The molecule has 33 heteroatoms. The van der Waals surface area contributed by atoms with Gasteiger partial charge in [-0.1, -0.05) is 58.4 Å². The minimum atomic E-state index is -1.88. The van der Waals surface area contributed by atoms with Crippen LogP contribution in [0.4, 0.5) is 0 Å². The van der Waals surface area contributed by atoms with E-state index in [0.717, 1.165) is 6.92 Å². The predicted octanol–water partition coefficient (Wildman–Crippen LogP) is -5.26.